The molecule has 0 fully saturated rings. The maximum Gasteiger partial charge on any atom is 0.127 e. The number of hydrogen-bond acceptors (Lipinski definition) is 4. The highest BCUT2D eigenvalue weighted by atomic mass is 35.5. The molecule has 0 bridgehead atoms. The van der Waals surface area contributed by atoms with E-state index in [9.17, 15) is 4.39 Å². The van der Waals surface area contributed by atoms with Crippen molar-refractivity contribution in [1.29, 1.82) is 0 Å². The van der Waals surface area contributed by atoms with Crippen molar-refractivity contribution in [2.24, 2.45) is 0 Å². The molecule has 0 aliphatic carbocycles. The first-order chi connectivity index (χ1) is 9.82. The Balaban J connectivity index is 2.31. The molecule has 1 N–H and O–H groups in total. The second-order valence-electron chi connectivity index (χ2n) is 6.02. The van der Waals surface area contributed by atoms with Crippen molar-refractivity contribution in [3.8, 4) is 0 Å². The number of nitrogens with one attached hydrogen (secondary N) is 1. The highest BCUT2D eigenvalue weighted by Crippen LogP contribution is 2.32. The predicted octanol–water partition coefficient (Wildman–Crippen LogP) is 4.13. The van der Waals surface area contributed by atoms with E-state index in [1.807, 2.05) is 7.05 Å². The predicted molar refractivity (Wildman–Crippen MR) is 85.5 cm³/mol. The van der Waals surface area contributed by atoms with Crippen molar-refractivity contribution < 1.29 is 4.39 Å². The number of benzene rings is 1. The van der Waals surface area contributed by atoms with E-state index >= 15 is 0 Å². The summed E-state index contributed by atoms with van der Waals surface area (Å²) in [6.45, 7) is 6.30. The second-order valence-corrected chi connectivity index (χ2v) is 7.24. The number of likely N-dealkylation sites (N-methyl/N-ethyl adjacent to an activating group) is 1. The number of aromatic nitrogens is 2. The fourth-order valence-electron chi connectivity index (χ4n) is 2.18. The summed E-state index contributed by atoms with van der Waals surface area (Å²) in [6, 6.07) is 4.77. The molecule has 1 heterocycles. The van der Waals surface area contributed by atoms with E-state index in [4.69, 9.17) is 11.6 Å². The smallest absolute Gasteiger partial charge is 0.127 e. The zero-order valence-electron chi connectivity index (χ0n) is 12.6. The van der Waals surface area contributed by atoms with Crippen LogP contribution in [0.25, 0.3) is 0 Å². The number of rotatable bonds is 4. The lowest BCUT2D eigenvalue weighted by Gasteiger charge is -2.21. The number of nitrogens with zero attached hydrogens (tertiary/aromatic N) is 2. The molecule has 1 unspecified atom stereocenters. The number of hydrogen-bond donors (Lipinski definition) is 1. The van der Waals surface area contributed by atoms with Crippen molar-refractivity contribution in [3.05, 3.63) is 45.2 Å². The quantitative estimate of drug-likeness (QED) is 0.917. The van der Waals surface area contributed by atoms with E-state index in [2.05, 4.69) is 35.7 Å². The van der Waals surface area contributed by atoms with Crippen LogP contribution in [-0.4, -0.2) is 16.6 Å². The summed E-state index contributed by atoms with van der Waals surface area (Å²) in [7, 11) is 1.87. The molecule has 21 heavy (non-hydrogen) atoms. The fourth-order valence-corrected chi connectivity index (χ4v) is 3.31. The van der Waals surface area contributed by atoms with Gasteiger partial charge in [0.1, 0.15) is 5.82 Å². The molecule has 6 heteroatoms. The van der Waals surface area contributed by atoms with Crippen LogP contribution in [0, 0.1) is 5.82 Å². The lowest BCUT2D eigenvalue weighted by Crippen LogP contribution is -2.23. The summed E-state index contributed by atoms with van der Waals surface area (Å²) < 4.78 is 18.1. The van der Waals surface area contributed by atoms with E-state index in [1.54, 1.807) is 12.1 Å². The average Bonchev–Trinajstić information content (AvgIpc) is 2.87. The van der Waals surface area contributed by atoms with Gasteiger partial charge in [-0.2, -0.15) is 0 Å². The molecule has 1 aromatic heterocycles. The van der Waals surface area contributed by atoms with Crippen molar-refractivity contribution in [1.82, 2.24) is 14.9 Å². The Morgan fingerprint density at radius 3 is 2.67 bits per heavy atom. The molecule has 2 aromatic rings. The summed E-state index contributed by atoms with van der Waals surface area (Å²) in [6.07, 6.45) is 0.534. The zero-order chi connectivity index (χ0) is 15.6. The minimum atomic E-state index is -0.280. The Labute approximate surface area is 133 Å². The Morgan fingerprint density at radius 2 is 2.10 bits per heavy atom. The van der Waals surface area contributed by atoms with Gasteiger partial charge in [-0.1, -0.05) is 42.9 Å². The largest absolute Gasteiger partial charge is 0.312 e. The lowest BCUT2D eigenvalue weighted by atomic mass is 9.89. The van der Waals surface area contributed by atoms with E-state index in [0.29, 0.717) is 17.0 Å². The lowest BCUT2D eigenvalue weighted by molar-refractivity contribution is 0.522. The molecule has 0 radical (unpaired) electrons. The molecular formula is C15H19ClFN3S. The molecule has 2 rings (SSSR count). The molecule has 0 saturated heterocycles. The molecular weight excluding hydrogens is 309 g/mol. The molecule has 0 amide bonds. The third kappa shape index (κ3) is 3.78. The second kappa shape index (κ2) is 6.38. The first kappa shape index (κ1) is 16.3. The first-order valence-corrected chi connectivity index (χ1v) is 7.92. The van der Waals surface area contributed by atoms with Crippen LogP contribution >= 0.6 is 23.1 Å². The van der Waals surface area contributed by atoms with Crippen LogP contribution < -0.4 is 5.32 Å². The topological polar surface area (TPSA) is 37.8 Å². The van der Waals surface area contributed by atoms with Gasteiger partial charge < -0.3 is 5.32 Å². The Bertz CT molecular complexity index is 622. The molecule has 3 nitrogen and oxygen atoms in total. The molecule has 1 aromatic carbocycles. The third-order valence-corrected chi connectivity index (χ3v) is 4.40. The Morgan fingerprint density at radius 1 is 1.38 bits per heavy atom. The average molecular weight is 328 g/mol. The summed E-state index contributed by atoms with van der Waals surface area (Å²) in [5.41, 5.74) is 1.50. The van der Waals surface area contributed by atoms with Gasteiger partial charge in [-0.05, 0) is 42.7 Å². The third-order valence-electron chi connectivity index (χ3n) is 3.33. The molecule has 0 spiro atoms. The highest BCUT2D eigenvalue weighted by Gasteiger charge is 2.27. The number of halogens is 2. The van der Waals surface area contributed by atoms with Gasteiger partial charge >= 0.3 is 0 Å². The van der Waals surface area contributed by atoms with Crippen LogP contribution in [0.1, 0.15) is 42.9 Å². The molecule has 0 aliphatic heterocycles. The van der Waals surface area contributed by atoms with Crippen LogP contribution in [0.4, 0.5) is 4.39 Å². The van der Waals surface area contributed by atoms with Crippen LogP contribution in [-0.2, 0) is 11.8 Å². The van der Waals surface area contributed by atoms with Crippen molar-refractivity contribution in [2.45, 2.75) is 38.6 Å². The summed E-state index contributed by atoms with van der Waals surface area (Å²) in [5.74, 6) is -0.280. The van der Waals surface area contributed by atoms with E-state index in [-0.39, 0.29) is 17.3 Å². The van der Waals surface area contributed by atoms with E-state index < -0.39 is 0 Å². The van der Waals surface area contributed by atoms with Gasteiger partial charge in [0.25, 0.3) is 0 Å². The van der Waals surface area contributed by atoms with Crippen LogP contribution in [0.3, 0.4) is 0 Å². The fraction of sp³-hybridized carbons (Fsp3) is 0.467. The SMILES string of the molecule is CNC(Cc1ccc(Cl)cc1F)c1snnc1C(C)(C)C. The van der Waals surface area contributed by atoms with Gasteiger partial charge in [-0.25, -0.2) is 4.39 Å². The van der Waals surface area contributed by atoms with Gasteiger partial charge in [0, 0.05) is 16.5 Å². The molecule has 114 valence electrons. The maximum atomic E-state index is 14.0. The molecule has 1 atom stereocenters. The van der Waals surface area contributed by atoms with Gasteiger partial charge in [-0.15, -0.1) is 5.10 Å². The van der Waals surface area contributed by atoms with Crippen molar-refractivity contribution >= 4 is 23.1 Å². The summed E-state index contributed by atoms with van der Waals surface area (Å²) in [4.78, 5) is 1.05. The van der Waals surface area contributed by atoms with Crippen molar-refractivity contribution in [3.63, 3.8) is 0 Å². The first-order valence-electron chi connectivity index (χ1n) is 6.77. The Hall–Kier alpha value is -1.04. The van der Waals surface area contributed by atoms with Crippen LogP contribution in [0.15, 0.2) is 18.2 Å². The van der Waals surface area contributed by atoms with Gasteiger partial charge in [0.15, 0.2) is 0 Å². The molecule has 0 saturated carbocycles. The van der Waals surface area contributed by atoms with Gasteiger partial charge in [0.2, 0.25) is 0 Å². The molecule has 0 aliphatic rings. The van der Waals surface area contributed by atoms with E-state index in [1.165, 1.54) is 17.6 Å². The summed E-state index contributed by atoms with van der Waals surface area (Å²) in [5, 5.41) is 7.90. The van der Waals surface area contributed by atoms with E-state index in [0.717, 1.165) is 10.6 Å². The monoisotopic (exact) mass is 327 g/mol. The minimum absolute atomic E-state index is 0.0186. The minimum Gasteiger partial charge on any atom is -0.312 e. The normalized spacial score (nSPS) is 13.4. The summed E-state index contributed by atoms with van der Waals surface area (Å²) >= 11 is 7.16. The van der Waals surface area contributed by atoms with Crippen molar-refractivity contribution in [2.75, 3.05) is 7.05 Å². The van der Waals surface area contributed by atoms with Gasteiger partial charge in [0.05, 0.1) is 10.6 Å². The highest BCUT2D eigenvalue weighted by molar-refractivity contribution is 7.05. The maximum absolute atomic E-state index is 14.0. The van der Waals surface area contributed by atoms with Gasteiger partial charge in [-0.3, -0.25) is 0 Å². The standard InChI is InChI=1S/C15H19ClFN3S/c1-15(2,3)14-13(21-20-19-14)12(18-4)7-9-5-6-10(16)8-11(9)17/h5-6,8,12,18H,7H2,1-4H3. The zero-order valence-corrected chi connectivity index (χ0v) is 14.1. The Kier molecular flexibility index (Phi) is 4.96. The van der Waals surface area contributed by atoms with Crippen LogP contribution in [0.5, 0.6) is 0 Å². The van der Waals surface area contributed by atoms with Crippen LogP contribution in [0.2, 0.25) is 5.02 Å².